The average Bonchev–Trinajstić information content (AvgIpc) is 2.79. The van der Waals surface area contributed by atoms with Gasteiger partial charge in [-0.2, -0.15) is 0 Å². The van der Waals surface area contributed by atoms with Gasteiger partial charge in [-0.15, -0.1) is 0 Å². The van der Waals surface area contributed by atoms with Gasteiger partial charge in [0.15, 0.2) is 0 Å². The van der Waals surface area contributed by atoms with Crippen LogP contribution in [0.15, 0.2) is 43.9 Å². The fraction of sp³-hybridized carbons (Fsp3) is 0.167. The molecule has 0 bridgehead atoms. The second-order valence-corrected chi connectivity index (χ2v) is 5.33. The molecule has 0 saturated carbocycles. The van der Waals surface area contributed by atoms with Crippen LogP contribution in [-0.2, 0) is 0 Å². The highest BCUT2D eigenvalue weighted by atomic mass is 79.9. The summed E-state index contributed by atoms with van der Waals surface area (Å²) in [6, 6.07) is 7.25. The number of hydrogen-bond donors (Lipinski definition) is 2. The van der Waals surface area contributed by atoms with Crippen molar-refractivity contribution < 1.29 is 9.15 Å². The molecule has 1 unspecified atom stereocenters. The van der Waals surface area contributed by atoms with Crippen molar-refractivity contribution in [3.8, 4) is 5.75 Å². The second kappa shape index (κ2) is 5.88. The lowest BCUT2D eigenvalue weighted by Gasteiger charge is -2.17. The lowest BCUT2D eigenvalue weighted by atomic mass is 10.0. The maximum Gasteiger partial charge on any atom is 0.140 e. The van der Waals surface area contributed by atoms with Crippen LogP contribution in [0, 0.1) is 0 Å². The standard InChI is InChI=1S/C12H12Br2N2O2/c1-17-7-2-3-9(13)8(6-7)11(16-15)12-10(14)4-5-18-12/h2-6,11,16H,15H2,1H3. The molecule has 1 aromatic carbocycles. The number of nitrogens with two attached hydrogens (primary N) is 1. The highest BCUT2D eigenvalue weighted by molar-refractivity contribution is 9.10. The van der Waals surface area contributed by atoms with Gasteiger partial charge < -0.3 is 9.15 Å². The molecule has 96 valence electrons. The Labute approximate surface area is 122 Å². The summed E-state index contributed by atoms with van der Waals surface area (Å²) in [6.45, 7) is 0. The molecule has 0 aliphatic heterocycles. The fourth-order valence-electron chi connectivity index (χ4n) is 1.69. The van der Waals surface area contributed by atoms with E-state index in [1.165, 1.54) is 0 Å². The third-order valence-corrected chi connectivity index (χ3v) is 3.97. The molecular weight excluding hydrogens is 364 g/mol. The number of hydrogen-bond acceptors (Lipinski definition) is 4. The average molecular weight is 376 g/mol. The number of furan rings is 1. The van der Waals surface area contributed by atoms with Crippen molar-refractivity contribution in [3.63, 3.8) is 0 Å². The van der Waals surface area contributed by atoms with Crippen LogP contribution in [0.3, 0.4) is 0 Å². The van der Waals surface area contributed by atoms with Crippen molar-refractivity contribution in [2.75, 3.05) is 7.11 Å². The Morgan fingerprint density at radius 3 is 2.61 bits per heavy atom. The van der Waals surface area contributed by atoms with E-state index in [2.05, 4.69) is 37.3 Å². The van der Waals surface area contributed by atoms with Gasteiger partial charge in [0.1, 0.15) is 17.6 Å². The molecule has 1 aromatic heterocycles. The molecule has 4 nitrogen and oxygen atoms in total. The van der Waals surface area contributed by atoms with Crippen LogP contribution in [0.1, 0.15) is 17.4 Å². The molecule has 0 fully saturated rings. The van der Waals surface area contributed by atoms with E-state index in [-0.39, 0.29) is 6.04 Å². The predicted octanol–water partition coefficient (Wildman–Crippen LogP) is 3.37. The van der Waals surface area contributed by atoms with Crippen LogP contribution < -0.4 is 16.0 Å². The van der Waals surface area contributed by atoms with Crippen molar-refractivity contribution in [1.29, 1.82) is 0 Å². The molecule has 0 spiro atoms. The van der Waals surface area contributed by atoms with Gasteiger partial charge in [0, 0.05) is 4.47 Å². The molecule has 0 radical (unpaired) electrons. The van der Waals surface area contributed by atoms with E-state index in [1.54, 1.807) is 13.4 Å². The second-order valence-electron chi connectivity index (χ2n) is 3.62. The van der Waals surface area contributed by atoms with Gasteiger partial charge in [-0.25, -0.2) is 5.43 Å². The molecule has 1 heterocycles. The zero-order valence-corrected chi connectivity index (χ0v) is 12.8. The molecule has 2 rings (SSSR count). The summed E-state index contributed by atoms with van der Waals surface area (Å²) < 4.78 is 12.5. The first-order valence-corrected chi connectivity index (χ1v) is 6.78. The molecule has 0 aliphatic carbocycles. The zero-order valence-electron chi connectivity index (χ0n) is 9.61. The van der Waals surface area contributed by atoms with Gasteiger partial charge in [-0.3, -0.25) is 5.84 Å². The topological polar surface area (TPSA) is 60.4 Å². The molecule has 0 aliphatic rings. The smallest absolute Gasteiger partial charge is 0.140 e. The van der Waals surface area contributed by atoms with Gasteiger partial charge in [0.05, 0.1) is 17.8 Å². The number of methoxy groups -OCH3 is 1. The molecular formula is C12H12Br2N2O2. The van der Waals surface area contributed by atoms with Crippen molar-refractivity contribution in [2.24, 2.45) is 5.84 Å². The monoisotopic (exact) mass is 374 g/mol. The summed E-state index contributed by atoms with van der Waals surface area (Å²) in [5, 5.41) is 0. The lowest BCUT2D eigenvalue weighted by Crippen LogP contribution is -2.29. The Morgan fingerprint density at radius 2 is 2.06 bits per heavy atom. The minimum Gasteiger partial charge on any atom is -0.497 e. The van der Waals surface area contributed by atoms with Gasteiger partial charge in [-0.1, -0.05) is 15.9 Å². The maximum atomic E-state index is 5.63. The quantitative estimate of drug-likeness (QED) is 0.635. The van der Waals surface area contributed by atoms with Crippen LogP contribution in [0.5, 0.6) is 5.75 Å². The van der Waals surface area contributed by atoms with Crippen molar-refractivity contribution in [3.05, 3.63) is 50.8 Å². The highest BCUT2D eigenvalue weighted by Gasteiger charge is 2.21. The van der Waals surface area contributed by atoms with Gasteiger partial charge in [-0.05, 0) is 45.8 Å². The zero-order chi connectivity index (χ0) is 13.1. The summed E-state index contributed by atoms with van der Waals surface area (Å²) in [5.41, 5.74) is 3.68. The Hall–Kier alpha value is -0.820. The highest BCUT2D eigenvalue weighted by Crippen LogP contribution is 2.34. The van der Waals surface area contributed by atoms with Crippen LogP contribution in [-0.4, -0.2) is 7.11 Å². The first kappa shape index (κ1) is 13.6. The van der Waals surface area contributed by atoms with E-state index in [1.807, 2.05) is 24.3 Å². The molecule has 0 saturated heterocycles. The van der Waals surface area contributed by atoms with Crippen molar-refractivity contribution in [1.82, 2.24) is 5.43 Å². The summed E-state index contributed by atoms with van der Waals surface area (Å²) in [7, 11) is 1.63. The third kappa shape index (κ3) is 2.61. The van der Waals surface area contributed by atoms with E-state index >= 15 is 0 Å². The van der Waals surface area contributed by atoms with Crippen LogP contribution in [0.25, 0.3) is 0 Å². The van der Waals surface area contributed by atoms with Gasteiger partial charge >= 0.3 is 0 Å². The van der Waals surface area contributed by atoms with E-state index in [4.69, 9.17) is 15.0 Å². The Bertz CT molecular complexity index is 543. The van der Waals surface area contributed by atoms with E-state index in [0.717, 1.165) is 20.3 Å². The SMILES string of the molecule is COc1ccc(Br)c(C(NN)c2occc2Br)c1. The summed E-state index contributed by atoms with van der Waals surface area (Å²) in [5.74, 6) is 7.11. The van der Waals surface area contributed by atoms with E-state index < -0.39 is 0 Å². The lowest BCUT2D eigenvalue weighted by molar-refractivity contribution is 0.411. The summed E-state index contributed by atoms with van der Waals surface area (Å²) in [4.78, 5) is 0. The minimum atomic E-state index is -0.265. The Kier molecular flexibility index (Phi) is 4.45. The number of hydrazine groups is 1. The van der Waals surface area contributed by atoms with Crippen molar-refractivity contribution >= 4 is 31.9 Å². The van der Waals surface area contributed by atoms with Crippen molar-refractivity contribution in [2.45, 2.75) is 6.04 Å². The number of nitrogens with one attached hydrogen (secondary N) is 1. The summed E-state index contributed by atoms with van der Waals surface area (Å²) in [6.07, 6.45) is 1.61. The number of benzene rings is 1. The Balaban J connectivity index is 2.48. The number of halogens is 2. The number of ether oxygens (including phenoxy) is 1. The third-order valence-electron chi connectivity index (χ3n) is 2.59. The van der Waals surface area contributed by atoms with Gasteiger partial charge in [0.2, 0.25) is 0 Å². The van der Waals surface area contributed by atoms with E-state index in [0.29, 0.717) is 5.76 Å². The molecule has 6 heteroatoms. The minimum absolute atomic E-state index is 0.265. The molecule has 18 heavy (non-hydrogen) atoms. The van der Waals surface area contributed by atoms with Gasteiger partial charge in [0.25, 0.3) is 0 Å². The number of rotatable bonds is 4. The molecule has 1 atom stereocenters. The normalized spacial score (nSPS) is 12.4. The van der Waals surface area contributed by atoms with Crippen LogP contribution >= 0.6 is 31.9 Å². The molecule has 0 amide bonds. The van der Waals surface area contributed by atoms with E-state index in [9.17, 15) is 0 Å². The maximum absolute atomic E-state index is 5.63. The van der Waals surface area contributed by atoms with Crippen LogP contribution in [0.4, 0.5) is 0 Å². The first-order chi connectivity index (χ1) is 8.67. The first-order valence-electron chi connectivity index (χ1n) is 5.19. The predicted molar refractivity (Wildman–Crippen MR) is 76.3 cm³/mol. The molecule has 3 N–H and O–H groups in total. The molecule has 2 aromatic rings. The Morgan fingerprint density at radius 1 is 1.28 bits per heavy atom. The largest absolute Gasteiger partial charge is 0.497 e. The van der Waals surface area contributed by atoms with Crippen LogP contribution in [0.2, 0.25) is 0 Å². The fourth-order valence-corrected chi connectivity index (χ4v) is 2.59. The summed E-state index contributed by atoms with van der Waals surface area (Å²) >= 11 is 6.93.